The van der Waals surface area contributed by atoms with Crippen LogP contribution < -0.4 is 15.5 Å². The Hall–Kier alpha value is -3.63. The fourth-order valence-electron chi connectivity index (χ4n) is 5.77. The van der Waals surface area contributed by atoms with Gasteiger partial charge in [0, 0.05) is 31.9 Å². The third-order valence-corrected chi connectivity index (χ3v) is 8.52. The van der Waals surface area contributed by atoms with E-state index in [4.69, 9.17) is 4.74 Å². The Morgan fingerprint density at radius 3 is 2.35 bits per heavy atom. The number of benzene rings is 1. The molecule has 2 fully saturated rings. The standard InChI is InChI=1S/C32H48N4O7/c1-6-7-8-9-10-12-23-19-32(23,30(40)41)34-29(39)25-13-11-18-36(25)26(37)20-33-31(42)43-28(21(2)3)27(38)22-14-16-24(17-15-22)35(4)5/h14-17,21,23,25,28H,6-13,18-20H2,1-5H3,(H,33,42)(H,34,39)(H,40,41)/t23?,25-,28-,32+/m0/s1. The molecular formula is C32H48N4O7. The fraction of sp³-hybridized carbons (Fsp3) is 0.656. The molecule has 4 atom stereocenters. The van der Waals surface area contributed by atoms with Crippen molar-refractivity contribution in [3.05, 3.63) is 29.8 Å². The number of carbonyl (C=O) groups is 5. The van der Waals surface area contributed by atoms with Gasteiger partial charge in [-0.25, -0.2) is 9.59 Å². The van der Waals surface area contributed by atoms with Gasteiger partial charge in [-0.15, -0.1) is 0 Å². The molecule has 0 radical (unpaired) electrons. The van der Waals surface area contributed by atoms with E-state index >= 15 is 0 Å². The van der Waals surface area contributed by atoms with E-state index in [1.807, 2.05) is 31.1 Å². The quantitative estimate of drug-likeness (QED) is 0.191. The van der Waals surface area contributed by atoms with E-state index in [0.29, 0.717) is 31.4 Å². The monoisotopic (exact) mass is 600 g/mol. The zero-order chi connectivity index (χ0) is 31.7. The number of anilines is 1. The van der Waals surface area contributed by atoms with E-state index in [1.165, 1.54) is 4.90 Å². The number of nitrogens with one attached hydrogen (secondary N) is 2. The number of carboxylic acid groups (broad SMARTS) is 1. The van der Waals surface area contributed by atoms with Crippen LogP contribution in [-0.4, -0.2) is 84.5 Å². The molecule has 3 rings (SSSR count). The molecule has 0 spiro atoms. The summed E-state index contributed by atoms with van der Waals surface area (Å²) >= 11 is 0. The lowest BCUT2D eigenvalue weighted by Crippen LogP contribution is -2.54. The normalized spacial score (nSPS) is 21.7. The van der Waals surface area contributed by atoms with Crippen LogP contribution in [0.15, 0.2) is 24.3 Å². The van der Waals surface area contributed by atoms with Crippen LogP contribution in [-0.2, 0) is 19.1 Å². The molecule has 0 bridgehead atoms. The summed E-state index contributed by atoms with van der Waals surface area (Å²) in [6.07, 6.45) is 5.58. The number of rotatable bonds is 16. The molecule has 1 aliphatic carbocycles. The lowest BCUT2D eigenvalue weighted by atomic mass is 9.97. The van der Waals surface area contributed by atoms with E-state index in [1.54, 1.807) is 26.0 Å². The Labute approximate surface area is 254 Å². The van der Waals surface area contributed by atoms with Crippen LogP contribution in [0.4, 0.5) is 10.5 Å². The number of ketones is 1. The van der Waals surface area contributed by atoms with Gasteiger partial charge in [0.15, 0.2) is 6.10 Å². The first-order valence-corrected chi connectivity index (χ1v) is 15.5. The van der Waals surface area contributed by atoms with Gasteiger partial charge < -0.3 is 30.3 Å². The van der Waals surface area contributed by atoms with Gasteiger partial charge in [0.2, 0.25) is 17.6 Å². The predicted octanol–water partition coefficient (Wildman–Crippen LogP) is 4.00. The molecule has 1 saturated carbocycles. The molecule has 2 aliphatic rings. The minimum Gasteiger partial charge on any atom is -0.479 e. The number of carboxylic acids is 1. The molecule has 1 saturated heterocycles. The van der Waals surface area contributed by atoms with Gasteiger partial charge >= 0.3 is 12.1 Å². The average Bonchev–Trinajstić information content (AvgIpc) is 3.43. The molecular weight excluding hydrogens is 552 g/mol. The van der Waals surface area contributed by atoms with Crippen LogP contribution in [0.5, 0.6) is 0 Å². The molecule has 238 valence electrons. The topological polar surface area (TPSA) is 145 Å². The summed E-state index contributed by atoms with van der Waals surface area (Å²) in [5.74, 6) is -2.75. The van der Waals surface area contributed by atoms with Crippen molar-refractivity contribution in [3.8, 4) is 0 Å². The summed E-state index contributed by atoms with van der Waals surface area (Å²) in [7, 11) is 3.79. The Bertz CT molecular complexity index is 1150. The number of hydrogen-bond acceptors (Lipinski definition) is 7. The summed E-state index contributed by atoms with van der Waals surface area (Å²) in [5, 5.41) is 15.1. The minimum atomic E-state index is -1.27. The fourth-order valence-corrected chi connectivity index (χ4v) is 5.77. The second kappa shape index (κ2) is 15.2. The first kappa shape index (κ1) is 33.9. The molecule has 43 heavy (non-hydrogen) atoms. The van der Waals surface area contributed by atoms with Crippen molar-refractivity contribution in [1.29, 1.82) is 0 Å². The van der Waals surface area contributed by atoms with Gasteiger partial charge in [0.25, 0.3) is 0 Å². The van der Waals surface area contributed by atoms with Gasteiger partial charge in [0.05, 0.1) is 0 Å². The number of Topliss-reactive ketones (excluding diaryl/α,β-unsaturated/α-hetero) is 1. The maximum absolute atomic E-state index is 13.2. The number of aliphatic carboxylic acids is 1. The molecule has 1 heterocycles. The zero-order valence-corrected chi connectivity index (χ0v) is 26.2. The van der Waals surface area contributed by atoms with Crippen molar-refractivity contribution < 1.29 is 33.8 Å². The summed E-state index contributed by atoms with van der Waals surface area (Å²) in [4.78, 5) is 67.3. The van der Waals surface area contributed by atoms with Crippen molar-refractivity contribution in [2.45, 2.75) is 96.2 Å². The van der Waals surface area contributed by atoms with Crippen molar-refractivity contribution in [2.24, 2.45) is 11.8 Å². The molecule has 11 nitrogen and oxygen atoms in total. The molecule has 1 aromatic carbocycles. The first-order chi connectivity index (χ1) is 20.4. The molecule has 3 N–H and O–H groups in total. The molecule has 11 heteroatoms. The van der Waals surface area contributed by atoms with Gasteiger partial charge in [-0.2, -0.15) is 0 Å². The van der Waals surface area contributed by atoms with E-state index in [-0.39, 0.29) is 17.6 Å². The smallest absolute Gasteiger partial charge is 0.408 e. The van der Waals surface area contributed by atoms with Crippen LogP contribution in [0, 0.1) is 11.8 Å². The average molecular weight is 601 g/mol. The largest absolute Gasteiger partial charge is 0.479 e. The summed E-state index contributed by atoms with van der Waals surface area (Å²) in [6, 6.07) is 6.18. The third kappa shape index (κ3) is 8.70. The first-order valence-electron chi connectivity index (χ1n) is 15.5. The molecule has 3 amide bonds. The van der Waals surface area contributed by atoms with E-state index < -0.39 is 48.1 Å². The summed E-state index contributed by atoms with van der Waals surface area (Å²) in [5.41, 5.74) is 0.0658. The van der Waals surface area contributed by atoms with E-state index in [9.17, 15) is 29.1 Å². The third-order valence-electron chi connectivity index (χ3n) is 8.52. The maximum Gasteiger partial charge on any atom is 0.408 e. The Morgan fingerprint density at radius 2 is 1.74 bits per heavy atom. The lowest BCUT2D eigenvalue weighted by molar-refractivity contribution is -0.145. The van der Waals surface area contributed by atoms with E-state index in [0.717, 1.165) is 44.2 Å². The highest BCUT2D eigenvalue weighted by Gasteiger charge is 2.61. The number of alkyl carbamates (subject to hydrolysis) is 1. The van der Waals surface area contributed by atoms with Crippen molar-refractivity contribution in [2.75, 3.05) is 32.1 Å². The zero-order valence-electron chi connectivity index (χ0n) is 26.2. The van der Waals surface area contributed by atoms with Gasteiger partial charge in [-0.3, -0.25) is 14.4 Å². The molecule has 1 aliphatic heterocycles. The van der Waals surface area contributed by atoms with Crippen molar-refractivity contribution in [1.82, 2.24) is 15.5 Å². The number of carbonyl (C=O) groups excluding carboxylic acids is 4. The SMILES string of the molecule is CCCCCCCC1C[C@]1(NC(=O)[C@@H]1CCCN1C(=O)CNC(=O)O[C@H](C(=O)c1ccc(N(C)C)cc1)C(C)C)C(=O)O. The van der Waals surface area contributed by atoms with Crippen molar-refractivity contribution >= 4 is 35.3 Å². The number of hydrogen-bond donors (Lipinski definition) is 3. The Morgan fingerprint density at radius 1 is 1.07 bits per heavy atom. The highest BCUT2D eigenvalue weighted by molar-refractivity contribution is 6.01. The minimum absolute atomic E-state index is 0.111. The van der Waals surface area contributed by atoms with Crippen LogP contribution in [0.1, 0.15) is 88.9 Å². The summed E-state index contributed by atoms with van der Waals surface area (Å²) < 4.78 is 5.43. The lowest BCUT2D eigenvalue weighted by Gasteiger charge is -2.26. The number of unbranched alkanes of at least 4 members (excludes halogenated alkanes) is 4. The van der Waals surface area contributed by atoms with Gasteiger partial charge in [0.1, 0.15) is 18.1 Å². The number of ether oxygens (including phenoxy) is 1. The van der Waals surface area contributed by atoms with Crippen molar-refractivity contribution in [3.63, 3.8) is 0 Å². The number of amides is 3. The Kier molecular flexibility index (Phi) is 12.0. The second-order valence-electron chi connectivity index (χ2n) is 12.3. The molecule has 0 aromatic heterocycles. The second-order valence-corrected chi connectivity index (χ2v) is 12.3. The van der Waals surface area contributed by atoms with Crippen LogP contribution in [0.25, 0.3) is 0 Å². The van der Waals surface area contributed by atoms with Crippen LogP contribution in [0.2, 0.25) is 0 Å². The molecule has 1 unspecified atom stereocenters. The van der Waals surface area contributed by atoms with Crippen LogP contribution in [0.3, 0.4) is 0 Å². The summed E-state index contributed by atoms with van der Waals surface area (Å²) in [6.45, 7) is 5.59. The Balaban J connectivity index is 1.52. The predicted molar refractivity (Wildman–Crippen MR) is 163 cm³/mol. The van der Waals surface area contributed by atoms with Crippen LogP contribution >= 0.6 is 0 Å². The van der Waals surface area contributed by atoms with Gasteiger partial charge in [-0.1, -0.05) is 52.9 Å². The molecule has 1 aromatic rings. The van der Waals surface area contributed by atoms with E-state index in [2.05, 4.69) is 17.6 Å². The number of likely N-dealkylation sites (tertiary alicyclic amines) is 1. The highest BCUT2D eigenvalue weighted by Crippen LogP contribution is 2.47. The maximum atomic E-state index is 13.2. The highest BCUT2D eigenvalue weighted by atomic mass is 16.6. The van der Waals surface area contributed by atoms with Gasteiger partial charge in [-0.05, 0) is 61.8 Å². The number of nitrogens with zero attached hydrogens (tertiary/aromatic N) is 2.